The average molecular weight is 264 g/mol. The number of carbonyl (C=O) groups is 4. The van der Waals surface area contributed by atoms with Gasteiger partial charge in [-0.15, -0.1) is 5.06 Å². The number of imide groups is 1. The van der Waals surface area contributed by atoms with Gasteiger partial charge in [-0.3, -0.25) is 14.4 Å². The summed E-state index contributed by atoms with van der Waals surface area (Å²) in [6.45, 7) is -0.395. The largest absolute Gasteiger partial charge is 0.352 e. The molecule has 3 amide bonds. The van der Waals surface area contributed by atoms with Crippen LogP contribution in [0.2, 0.25) is 0 Å². The van der Waals surface area contributed by atoms with Gasteiger partial charge in [-0.1, -0.05) is 24.3 Å². The smallest absolute Gasteiger partial charge is 0.344 e. The zero-order chi connectivity index (χ0) is 13.8. The van der Waals surface area contributed by atoms with Crippen molar-refractivity contribution in [2.45, 2.75) is 12.8 Å². The maximum absolute atomic E-state index is 11.5. The second-order valence-electron chi connectivity index (χ2n) is 4.06. The van der Waals surface area contributed by atoms with Crippen LogP contribution in [0.5, 0.6) is 0 Å². The number of amides is 3. The molecule has 0 bridgehead atoms. The minimum Gasteiger partial charge on any atom is -0.344 e. The number of hydroxylamine groups is 2. The van der Waals surface area contributed by atoms with E-state index in [0.717, 1.165) is 0 Å². The first kappa shape index (κ1) is 13.0. The summed E-state index contributed by atoms with van der Waals surface area (Å²) in [7, 11) is 0. The van der Waals surface area contributed by atoms with E-state index in [4.69, 9.17) is 0 Å². The molecular formula is C12H12N2O5. The van der Waals surface area contributed by atoms with Crippen LogP contribution < -0.4 is 5.32 Å². The van der Waals surface area contributed by atoms with Crippen LogP contribution in [0.25, 0.3) is 0 Å². The molecule has 1 saturated heterocycles. The minimum atomic E-state index is -0.858. The van der Waals surface area contributed by atoms with E-state index in [9.17, 15) is 19.2 Å². The molecule has 1 aliphatic carbocycles. The lowest BCUT2D eigenvalue weighted by atomic mass is 10.1. The van der Waals surface area contributed by atoms with E-state index in [2.05, 4.69) is 10.2 Å². The lowest BCUT2D eigenvalue weighted by Gasteiger charge is -2.13. The molecule has 1 aliphatic heterocycles. The molecule has 0 saturated carbocycles. The highest BCUT2D eigenvalue weighted by Crippen LogP contribution is 2.12. The SMILES string of the molecule is O=C(CNC(=O)C1C=CC=C1)ON1C(=O)CCC1=O. The number of allylic oxidation sites excluding steroid dienone is 2. The van der Waals surface area contributed by atoms with Crippen molar-refractivity contribution in [1.82, 2.24) is 10.4 Å². The third kappa shape index (κ3) is 3.06. The van der Waals surface area contributed by atoms with E-state index >= 15 is 0 Å². The van der Waals surface area contributed by atoms with Crippen LogP contribution >= 0.6 is 0 Å². The van der Waals surface area contributed by atoms with Gasteiger partial charge in [-0.05, 0) is 0 Å². The Bertz CT molecular complexity index is 466. The van der Waals surface area contributed by atoms with Crippen LogP contribution in [0, 0.1) is 5.92 Å². The molecule has 1 N–H and O–H groups in total. The third-order valence-electron chi connectivity index (χ3n) is 2.66. The van der Waals surface area contributed by atoms with Gasteiger partial charge < -0.3 is 10.2 Å². The second kappa shape index (κ2) is 5.47. The van der Waals surface area contributed by atoms with Crippen molar-refractivity contribution < 1.29 is 24.0 Å². The summed E-state index contributed by atoms with van der Waals surface area (Å²) in [6, 6.07) is 0. The van der Waals surface area contributed by atoms with Gasteiger partial charge in [-0.2, -0.15) is 0 Å². The van der Waals surface area contributed by atoms with Gasteiger partial charge in [0.05, 0.1) is 5.92 Å². The van der Waals surface area contributed by atoms with Crippen LogP contribution in [0.3, 0.4) is 0 Å². The summed E-state index contributed by atoms with van der Waals surface area (Å²) >= 11 is 0. The average Bonchev–Trinajstić information content (AvgIpc) is 3.01. The van der Waals surface area contributed by atoms with Crippen LogP contribution in [0.4, 0.5) is 0 Å². The fourth-order valence-electron chi connectivity index (χ4n) is 1.68. The Morgan fingerprint density at radius 2 is 1.79 bits per heavy atom. The molecule has 1 heterocycles. The number of rotatable bonds is 4. The monoisotopic (exact) mass is 264 g/mol. The lowest BCUT2D eigenvalue weighted by Crippen LogP contribution is -2.38. The zero-order valence-corrected chi connectivity index (χ0v) is 10.00. The Labute approximate surface area is 108 Å². The fraction of sp³-hybridized carbons (Fsp3) is 0.333. The highest BCUT2D eigenvalue weighted by atomic mass is 16.7. The first-order chi connectivity index (χ1) is 9.08. The molecule has 2 rings (SSSR count). The van der Waals surface area contributed by atoms with E-state index in [0.29, 0.717) is 5.06 Å². The van der Waals surface area contributed by atoms with Crippen molar-refractivity contribution in [1.29, 1.82) is 0 Å². The number of nitrogens with one attached hydrogen (secondary N) is 1. The molecule has 0 unspecified atom stereocenters. The number of carbonyl (C=O) groups excluding carboxylic acids is 4. The lowest BCUT2D eigenvalue weighted by molar-refractivity contribution is -0.196. The third-order valence-corrected chi connectivity index (χ3v) is 2.66. The van der Waals surface area contributed by atoms with Gasteiger partial charge in [-0.25, -0.2) is 4.79 Å². The van der Waals surface area contributed by atoms with E-state index in [-0.39, 0.29) is 18.7 Å². The highest BCUT2D eigenvalue weighted by Gasteiger charge is 2.32. The highest BCUT2D eigenvalue weighted by molar-refractivity contribution is 6.01. The molecule has 1 fully saturated rings. The normalized spacial score (nSPS) is 18.2. The molecule has 19 heavy (non-hydrogen) atoms. The maximum Gasteiger partial charge on any atom is 0.352 e. The van der Waals surface area contributed by atoms with Gasteiger partial charge >= 0.3 is 5.97 Å². The van der Waals surface area contributed by atoms with Crippen molar-refractivity contribution in [3.63, 3.8) is 0 Å². The van der Waals surface area contributed by atoms with Crippen molar-refractivity contribution in [2.24, 2.45) is 5.92 Å². The van der Waals surface area contributed by atoms with Crippen LogP contribution in [-0.4, -0.2) is 35.3 Å². The molecule has 0 radical (unpaired) electrons. The summed E-state index contributed by atoms with van der Waals surface area (Å²) in [5.74, 6) is -2.70. The van der Waals surface area contributed by atoms with E-state index in [1.165, 1.54) is 0 Å². The van der Waals surface area contributed by atoms with Crippen molar-refractivity contribution in [3.05, 3.63) is 24.3 Å². The molecule has 0 spiro atoms. The number of hydrogen-bond donors (Lipinski definition) is 1. The van der Waals surface area contributed by atoms with Gasteiger partial charge in [0, 0.05) is 12.8 Å². The van der Waals surface area contributed by atoms with Crippen molar-refractivity contribution in [2.75, 3.05) is 6.54 Å². The molecule has 0 aromatic carbocycles. The summed E-state index contributed by atoms with van der Waals surface area (Å²) < 4.78 is 0. The van der Waals surface area contributed by atoms with Crippen LogP contribution in [0.15, 0.2) is 24.3 Å². The molecule has 0 atom stereocenters. The molecule has 2 aliphatic rings. The van der Waals surface area contributed by atoms with Gasteiger partial charge in [0.1, 0.15) is 6.54 Å². The Kier molecular flexibility index (Phi) is 3.74. The molecule has 100 valence electrons. The predicted octanol–water partition coefficient (Wildman–Crippen LogP) is -0.548. The number of hydrogen-bond acceptors (Lipinski definition) is 5. The predicted molar refractivity (Wildman–Crippen MR) is 62.0 cm³/mol. The van der Waals surface area contributed by atoms with Crippen LogP contribution in [-0.2, 0) is 24.0 Å². The van der Waals surface area contributed by atoms with Gasteiger partial charge in [0.15, 0.2) is 0 Å². The molecule has 0 aromatic rings. The van der Waals surface area contributed by atoms with Gasteiger partial charge in [0.2, 0.25) is 5.91 Å². The molecule has 0 aromatic heterocycles. The van der Waals surface area contributed by atoms with Crippen molar-refractivity contribution >= 4 is 23.7 Å². The van der Waals surface area contributed by atoms with E-state index in [1.54, 1.807) is 24.3 Å². The summed E-state index contributed by atoms with van der Waals surface area (Å²) in [5.41, 5.74) is 0. The Morgan fingerprint density at radius 1 is 1.21 bits per heavy atom. The number of nitrogens with zero attached hydrogens (tertiary/aromatic N) is 1. The maximum atomic E-state index is 11.5. The van der Waals surface area contributed by atoms with Gasteiger partial charge in [0.25, 0.3) is 11.8 Å². The van der Waals surface area contributed by atoms with E-state index < -0.39 is 30.2 Å². The summed E-state index contributed by atoms with van der Waals surface area (Å²) in [5, 5.41) is 2.81. The Balaban J connectivity index is 1.77. The summed E-state index contributed by atoms with van der Waals surface area (Å²) in [4.78, 5) is 49.9. The van der Waals surface area contributed by atoms with Crippen molar-refractivity contribution in [3.8, 4) is 0 Å². The standard InChI is InChI=1S/C12H12N2O5/c15-9-5-6-10(16)14(9)19-11(17)7-13-12(18)8-3-1-2-4-8/h1-4,8H,5-7H2,(H,13,18). The quantitative estimate of drug-likeness (QED) is 0.688. The minimum absolute atomic E-state index is 0.0378. The first-order valence-electron chi connectivity index (χ1n) is 5.77. The first-order valence-corrected chi connectivity index (χ1v) is 5.77. The summed E-state index contributed by atoms with van der Waals surface area (Å²) in [6.07, 6.45) is 6.88. The topological polar surface area (TPSA) is 92.8 Å². The molecular weight excluding hydrogens is 252 g/mol. The van der Waals surface area contributed by atoms with E-state index in [1.807, 2.05) is 0 Å². The molecule has 7 heteroatoms. The molecule has 7 nitrogen and oxygen atoms in total. The Hall–Kier alpha value is -2.44. The zero-order valence-electron chi connectivity index (χ0n) is 10.00. The van der Waals surface area contributed by atoms with Crippen LogP contribution in [0.1, 0.15) is 12.8 Å². The fourth-order valence-corrected chi connectivity index (χ4v) is 1.68. The second-order valence-corrected chi connectivity index (χ2v) is 4.06. The Morgan fingerprint density at radius 3 is 2.37 bits per heavy atom.